The fourth-order valence-corrected chi connectivity index (χ4v) is 5.19. The van der Waals surface area contributed by atoms with Crippen LogP contribution in [-0.2, 0) is 26.2 Å². The molecule has 34 heavy (non-hydrogen) atoms. The fourth-order valence-electron chi connectivity index (χ4n) is 5.19. The van der Waals surface area contributed by atoms with E-state index in [1.54, 1.807) is 12.4 Å². The molecule has 0 saturated carbocycles. The van der Waals surface area contributed by atoms with Gasteiger partial charge in [-0.2, -0.15) is 0 Å². The van der Waals surface area contributed by atoms with Gasteiger partial charge in [-0.1, -0.05) is 29.4 Å². The Labute approximate surface area is 196 Å². The molecule has 1 spiro atoms. The Bertz CT molecular complexity index is 1190. The lowest BCUT2D eigenvalue weighted by molar-refractivity contribution is -0.133. The third kappa shape index (κ3) is 3.83. The predicted octanol–water partition coefficient (Wildman–Crippen LogP) is 3.18. The monoisotopic (exact) mass is 462 g/mol. The van der Waals surface area contributed by atoms with E-state index in [-0.39, 0.29) is 18.3 Å². The summed E-state index contributed by atoms with van der Waals surface area (Å²) in [7, 11) is 0. The summed E-state index contributed by atoms with van der Waals surface area (Å²) in [5.41, 5.74) is 3.64. The number of benzene rings is 1. The number of carbonyl (C=O) groups excluding carboxylic acids is 2. The van der Waals surface area contributed by atoms with E-state index in [1.807, 2.05) is 55.1 Å². The van der Waals surface area contributed by atoms with Gasteiger partial charge in [-0.05, 0) is 49.9 Å². The molecule has 2 atom stereocenters. The molecule has 4 heterocycles. The molecule has 9 nitrogen and oxygen atoms in total. The third-order valence-electron chi connectivity index (χ3n) is 6.68. The summed E-state index contributed by atoms with van der Waals surface area (Å²) in [5.74, 6) is 0.711. The first kappa shape index (κ1) is 23.2. The first-order valence-electron chi connectivity index (χ1n) is 11.0. The number of hydrogen-bond donors (Lipinski definition) is 2. The van der Waals surface area contributed by atoms with E-state index in [2.05, 4.69) is 15.5 Å². The summed E-state index contributed by atoms with van der Waals surface area (Å²) >= 11 is 0. The average Bonchev–Trinajstić information content (AvgIpc) is 3.48. The molecule has 3 aromatic rings. The van der Waals surface area contributed by atoms with Gasteiger partial charge in [0.1, 0.15) is 11.2 Å². The Kier molecular flexibility index (Phi) is 6.45. The van der Waals surface area contributed by atoms with E-state index in [9.17, 15) is 9.59 Å². The second kappa shape index (κ2) is 9.46. The molecule has 176 valence electrons. The largest absolute Gasteiger partial charge is 0.483 e. The van der Waals surface area contributed by atoms with Gasteiger partial charge in [0.15, 0.2) is 0 Å². The van der Waals surface area contributed by atoms with Crippen molar-refractivity contribution in [2.45, 2.75) is 44.6 Å². The standard InChI is InChI=1S/C24H24N4O3.CH2O2/c1-15-18(16(2)31-27-15)9-10-21(29)28-13-11-24(22(28)17-6-5-12-25-14-17)19-7-3-4-8-20(19)26-23(24)30;2-1-3/h3-8,12,14,22H,9-11,13H2,1-2H3,(H,26,30);1H,(H,2,3). The Hall–Kier alpha value is -4.01. The van der Waals surface area contributed by atoms with Crippen molar-refractivity contribution in [3.63, 3.8) is 0 Å². The summed E-state index contributed by atoms with van der Waals surface area (Å²) in [6, 6.07) is 11.2. The van der Waals surface area contributed by atoms with Crippen molar-refractivity contribution in [1.82, 2.24) is 15.0 Å². The molecule has 9 heteroatoms. The molecule has 1 saturated heterocycles. The molecule has 0 radical (unpaired) electrons. The molecule has 2 aliphatic rings. The molecular weight excluding hydrogens is 436 g/mol. The minimum absolute atomic E-state index is 0.0166. The molecule has 2 unspecified atom stereocenters. The summed E-state index contributed by atoms with van der Waals surface area (Å²) in [6.45, 7) is 4.02. The number of likely N-dealkylation sites (tertiary alicyclic amines) is 1. The van der Waals surface area contributed by atoms with E-state index >= 15 is 0 Å². The number of carbonyl (C=O) groups is 3. The lowest BCUT2D eigenvalue weighted by atomic mass is 9.73. The zero-order valence-corrected chi connectivity index (χ0v) is 19.0. The SMILES string of the molecule is Cc1noc(C)c1CCC(=O)N1CCC2(C(=O)Nc3ccccc32)C1c1cccnc1.O=CO. The fraction of sp³-hybridized carbons (Fsp3) is 0.320. The first-order chi connectivity index (χ1) is 16.4. The van der Waals surface area contributed by atoms with Crippen LogP contribution in [0, 0.1) is 13.8 Å². The van der Waals surface area contributed by atoms with Crippen LogP contribution in [0.15, 0.2) is 53.3 Å². The molecule has 1 aromatic carbocycles. The Morgan fingerprint density at radius 1 is 1.29 bits per heavy atom. The van der Waals surface area contributed by atoms with E-state index in [0.717, 1.165) is 33.8 Å². The maximum atomic E-state index is 13.4. The summed E-state index contributed by atoms with van der Waals surface area (Å²) in [6.07, 6.45) is 4.94. The van der Waals surface area contributed by atoms with Crippen LogP contribution in [0.2, 0.25) is 0 Å². The quantitative estimate of drug-likeness (QED) is 0.570. The van der Waals surface area contributed by atoms with E-state index < -0.39 is 11.5 Å². The number of aromatic nitrogens is 2. The number of carboxylic acid groups (broad SMARTS) is 1. The number of aryl methyl sites for hydroxylation is 2. The molecule has 2 amide bonds. The van der Waals surface area contributed by atoms with Crippen LogP contribution in [0.1, 0.15) is 47.0 Å². The number of nitrogens with one attached hydrogen (secondary N) is 1. The number of fused-ring (bicyclic) bond motifs is 2. The van der Waals surface area contributed by atoms with Crippen molar-refractivity contribution < 1.29 is 24.0 Å². The smallest absolute Gasteiger partial charge is 0.290 e. The van der Waals surface area contributed by atoms with Crippen molar-refractivity contribution in [3.8, 4) is 0 Å². The van der Waals surface area contributed by atoms with Gasteiger partial charge in [-0.15, -0.1) is 0 Å². The van der Waals surface area contributed by atoms with E-state index in [1.165, 1.54) is 0 Å². The van der Waals surface area contributed by atoms with Crippen LogP contribution in [0.25, 0.3) is 0 Å². The van der Waals surface area contributed by atoms with Gasteiger partial charge in [-0.25, -0.2) is 0 Å². The van der Waals surface area contributed by atoms with Crippen LogP contribution < -0.4 is 5.32 Å². The Balaban J connectivity index is 0.000000868. The Morgan fingerprint density at radius 3 is 2.74 bits per heavy atom. The number of rotatable bonds is 4. The Morgan fingerprint density at radius 2 is 2.06 bits per heavy atom. The average molecular weight is 463 g/mol. The molecule has 2 N–H and O–H groups in total. The highest BCUT2D eigenvalue weighted by atomic mass is 16.5. The molecule has 0 aliphatic carbocycles. The maximum Gasteiger partial charge on any atom is 0.290 e. The van der Waals surface area contributed by atoms with Gasteiger partial charge in [0, 0.05) is 36.6 Å². The summed E-state index contributed by atoms with van der Waals surface area (Å²) in [4.78, 5) is 41.3. The maximum absolute atomic E-state index is 13.4. The zero-order chi connectivity index (χ0) is 24.3. The number of anilines is 1. The van der Waals surface area contributed by atoms with Crippen LogP contribution in [0.5, 0.6) is 0 Å². The minimum atomic E-state index is -0.807. The highest BCUT2D eigenvalue weighted by Gasteiger charge is 2.59. The van der Waals surface area contributed by atoms with E-state index in [0.29, 0.717) is 25.8 Å². The van der Waals surface area contributed by atoms with Gasteiger partial charge in [0.05, 0.1) is 11.7 Å². The second-order valence-electron chi connectivity index (χ2n) is 8.41. The normalized spacial score (nSPS) is 20.5. The van der Waals surface area contributed by atoms with Gasteiger partial charge in [0.2, 0.25) is 11.8 Å². The summed E-state index contributed by atoms with van der Waals surface area (Å²) in [5, 5.41) is 13.9. The van der Waals surface area contributed by atoms with Crippen LogP contribution in [-0.4, -0.2) is 45.0 Å². The first-order valence-corrected chi connectivity index (χ1v) is 11.0. The number of pyridine rings is 1. The molecule has 5 rings (SSSR count). The highest BCUT2D eigenvalue weighted by Crippen LogP contribution is 2.54. The molecule has 1 fully saturated rings. The summed E-state index contributed by atoms with van der Waals surface area (Å²) < 4.78 is 5.24. The van der Waals surface area contributed by atoms with Crippen molar-refractivity contribution in [3.05, 3.63) is 76.9 Å². The number of nitrogens with zero attached hydrogens (tertiary/aromatic N) is 3. The lowest BCUT2D eigenvalue weighted by Crippen LogP contribution is -2.42. The van der Waals surface area contributed by atoms with Crippen LogP contribution >= 0.6 is 0 Å². The number of para-hydroxylation sites is 1. The topological polar surface area (TPSA) is 126 Å². The lowest BCUT2D eigenvalue weighted by Gasteiger charge is -2.34. The number of amides is 2. The van der Waals surface area contributed by atoms with Gasteiger partial charge >= 0.3 is 0 Å². The van der Waals surface area contributed by atoms with Gasteiger partial charge < -0.3 is 19.8 Å². The number of hydrogen-bond acceptors (Lipinski definition) is 6. The molecular formula is C25H26N4O5. The highest BCUT2D eigenvalue weighted by molar-refractivity contribution is 6.07. The molecule has 2 aliphatic heterocycles. The van der Waals surface area contributed by atoms with E-state index in [4.69, 9.17) is 14.4 Å². The third-order valence-corrected chi connectivity index (χ3v) is 6.68. The predicted molar refractivity (Wildman–Crippen MR) is 123 cm³/mol. The van der Waals surface area contributed by atoms with Crippen molar-refractivity contribution in [2.75, 3.05) is 11.9 Å². The van der Waals surface area contributed by atoms with Crippen molar-refractivity contribution in [2.24, 2.45) is 0 Å². The van der Waals surface area contributed by atoms with Crippen molar-refractivity contribution >= 4 is 24.0 Å². The van der Waals surface area contributed by atoms with Crippen molar-refractivity contribution in [1.29, 1.82) is 0 Å². The van der Waals surface area contributed by atoms with Gasteiger partial charge in [-0.3, -0.25) is 19.4 Å². The molecule has 2 aromatic heterocycles. The molecule has 0 bridgehead atoms. The zero-order valence-electron chi connectivity index (χ0n) is 19.0. The van der Waals surface area contributed by atoms with Crippen LogP contribution in [0.4, 0.5) is 5.69 Å². The second-order valence-corrected chi connectivity index (χ2v) is 8.41. The van der Waals surface area contributed by atoms with Gasteiger partial charge in [0.25, 0.3) is 6.47 Å². The van der Waals surface area contributed by atoms with Crippen LogP contribution in [0.3, 0.4) is 0 Å². The minimum Gasteiger partial charge on any atom is -0.483 e.